The first-order chi connectivity index (χ1) is 14.5. The third kappa shape index (κ3) is 7.61. The summed E-state index contributed by atoms with van der Waals surface area (Å²) in [6, 6.07) is 4.11. The average Bonchev–Trinajstić information content (AvgIpc) is 2.75. The first kappa shape index (κ1) is 24.2. The quantitative estimate of drug-likeness (QED) is 0.292. The van der Waals surface area contributed by atoms with E-state index in [1.54, 1.807) is 0 Å². The number of hydrogen-bond acceptors (Lipinski definition) is 8. The lowest BCUT2D eigenvalue weighted by atomic mass is 9.98. The van der Waals surface area contributed by atoms with Crippen molar-refractivity contribution in [1.82, 2.24) is 0 Å². The molecule has 2 saturated carbocycles. The molecule has 2 fully saturated rings. The Bertz CT molecular complexity index is 667. The molecule has 0 unspecified atom stereocenters. The van der Waals surface area contributed by atoms with E-state index in [2.05, 4.69) is 12.1 Å². The van der Waals surface area contributed by atoms with Gasteiger partial charge in [-0.2, -0.15) is 0 Å². The number of carbonyl (C=O) groups excluding carboxylic acids is 2. The second-order valence-corrected chi connectivity index (χ2v) is 12.1. The van der Waals surface area contributed by atoms with Crippen molar-refractivity contribution in [2.24, 2.45) is 0 Å². The molecule has 0 radical (unpaired) electrons. The lowest BCUT2D eigenvalue weighted by Crippen LogP contribution is -2.18. The van der Waals surface area contributed by atoms with E-state index < -0.39 is 0 Å². The maximum absolute atomic E-state index is 12.3. The Kier molecular flexibility index (Phi) is 10.1. The van der Waals surface area contributed by atoms with Crippen molar-refractivity contribution in [3.63, 3.8) is 0 Å². The van der Waals surface area contributed by atoms with E-state index >= 15 is 0 Å². The highest BCUT2D eigenvalue weighted by Crippen LogP contribution is 2.46. The zero-order chi connectivity index (χ0) is 21.3. The fourth-order valence-corrected chi connectivity index (χ4v) is 8.32. The molecule has 0 bridgehead atoms. The number of hydrogen-bond donors (Lipinski definition) is 0. The molecule has 8 heteroatoms. The molecule has 166 valence electrons. The Morgan fingerprint density at radius 3 is 1.43 bits per heavy atom. The van der Waals surface area contributed by atoms with Gasteiger partial charge in [0.1, 0.15) is 12.2 Å². The van der Waals surface area contributed by atoms with Gasteiger partial charge < -0.3 is 9.47 Å². The molecular weight excluding hydrogens is 457 g/mol. The van der Waals surface area contributed by atoms with Gasteiger partial charge in [-0.3, -0.25) is 0 Å². The Balaban J connectivity index is 1.54. The van der Waals surface area contributed by atoms with Gasteiger partial charge in [0.05, 0.1) is 0 Å². The van der Waals surface area contributed by atoms with Crippen molar-refractivity contribution in [2.75, 3.05) is 0 Å². The molecule has 2 aliphatic rings. The average molecular weight is 487 g/mol. The molecule has 0 aromatic heterocycles. The summed E-state index contributed by atoms with van der Waals surface area (Å²) in [6.45, 7) is 4.06. The van der Waals surface area contributed by atoms with Gasteiger partial charge in [-0.25, -0.2) is 9.59 Å². The van der Waals surface area contributed by atoms with Crippen LogP contribution in [0.2, 0.25) is 0 Å². The Hall–Kier alpha value is -0.440. The molecule has 1 aromatic carbocycles. The van der Waals surface area contributed by atoms with Gasteiger partial charge >= 0.3 is 10.6 Å². The van der Waals surface area contributed by atoms with Crippen LogP contribution in [0.5, 0.6) is 0 Å². The fraction of sp³-hybridized carbons (Fsp3) is 0.636. The van der Waals surface area contributed by atoms with E-state index in [9.17, 15) is 9.59 Å². The third-order valence-corrected chi connectivity index (χ3v) is 9.98. The summed E-state index contributed by atoms with van der Waals surface area (Å²) in [5.74, 6) is 0. The van der Waals surface area contributed by atoms with Crippen LogP contribution >= 0.6 is 43.2 Å². The Morgan fingerprint density at radius 1 is 0.700 bits per heavy atom. The topological polar surface area (TPSA) is 52.6 Å². The largest absolute Gasteiger partial charge is 0.454 e. The molecule has 30 heavy (non-hydrogen) atoms. The zero-order valence-electron chi connectivity index (χ0n) is 17.6. The van der Waals surface area contributed by atoms with E-state index in [-0.39, 0.29) is 22.8 Å². The van der Waals surface area contributed by atoms with Crippen LogP contribution in [-0.4, -0.2) is 22.8 Å². The van der Waals surface area contributed by atoms with Crippen molar-refractivity contribution in [1.29, 1.82) is 0 Å². The van der Waals surface area contributed by atoms with E-state index in [1.165, 1.54) is 34.4 Å². The lowest BCUT2D eigenvalue weighted by molar-refractivity contribution is 0.0963. The molecule has 0 heterocycles. The first-order valence-corrected chi connectivity index (χ1v) is 15.0. The second kappa shape index (κ2) is 12.6. The van der Waals surface area contributed by atoms with Crippen LogP contribution < -0.4 is 0 Å². The predicted molar refractivity (Wildman–Crippen MR) is 130 cm³/mol. The molecule has 3 rings (SSSR count). The molecule has 4 nitrogen and oxygen atoms in total. The summed E-state index contributed by atoms with van der Waals surface area (Å²) in [7, 11) is 5.13. The summed E-state index contributed by atoms with van der Waals surface area (Å²) in [4.78, 5) is 26.7. The number of benzene rings is 1. The van der Waals surface area contributed by atoms with Gasteiger partial charge in [-0.05, 0) is 97.9 Å². The molecule has 0 N–H and O–H groups in total. The summed E-state index contributed by atoms with van der Waals surface area (Å²) in [5, 5.41) is -0.457. The standard InChI is InChI=1S/C22H30O4S4/c1-15-13-14-16(2)20(28-30-22(24)26-18-11-7-4-8-12-18)19(15)27-29-21(23)25-17-9-5-3-6-10-17/h13-14,17-18H,3-12H2,1-2H3. The maximum Gasteiger partial charge on any atom is 0.378 e. The molecule has 1 aromatic rings. The molecule has 0 amide bonds. The summed E-state index contributed by atoms with van der Waals surface area (Å²) >= 11 is 0. The monoisotopic (exact) mass is 486 g/mol. The van der Waals surface area contributed by atoms with Gasteiger partial charge in [0.25, 0.3) is 0 Å². The van der Waals surface area contributed by atoms with Crippen LogP contribution in [0, 0.1) is 13.8 Å². The van der Waals surface area contributed by atoms with Gasteiger partial charge in [0, 0.05) is 31.4 Å². The van der Waals surface area contributed by atoms with E-state index in [1.807, 2.05) is 13.8 Å². The minimum Gasteiger partial charge on any atom is -0.454 e. The second-order valence-electron chi connectivity index (χ2n) is 7.95. The molecule has 0 saturated heterocycles. The van der Waals surface area contributed by atoms with Crippen LogP contribution in [0.3, 0.4) is 0 Å². The minimum atomic E-state index is -0.229. The smallest absolute Gasteiger partial charge is 0.378 e. The number of ether oxygens (including phenoxy) is 2. The third-order valence-electron chi connectivity index (χ3n) is 5.52. The summed E-state index contributed by atoms with van der Waals surface area (Å²) in [6.07, 6.45) is 11.1. The molecule has 0 aliphatic heterocycles. The zero-order valence-corrected chi connectivity index (χ0v) is 20.9. The molecular formula is C22H30O4S4. The van der Waals surface area contributed by atoms with Gasteiger partial charge in [0.2, 0.25) is 0 Å². The molecule has 0 spiro atoms. The van der Waals surface area contributed by atoms with Crippen molar-refractivity contribution < 1.29 is 19.1 Å². The van der Waals surface area contributed by atoms with Crippen LogP contribution in [0.15, 0.2) is 21.9 Å². The minimum absolute atomic E-state index is 0.0666. The number of rotatable bonds is 6. The highest BCUT2D eigenvalue weighted by atomic mass is 33.1. The van der Waals surface area contributed by atoms with Crippen LogP contribution in [0.25, 0.3) is 0 Å². The van der Waals surface area contributed by atoms with E-state index in [4.69, 9.17) is 9.47 Å². The maximum atomic E-state index is 12.3. The highest BCUT2D eigenvalue weighted by Gasteiger charge is 2.22. The van der Waals surface area contributed by atoms with Crippen molar-refractivity contribution in [3.05, 3.63) is 23.3 Å². The van der Waals surface area contributed by atoms with Crippen LogP contribution in [-0.2, 0) is 9.47 Å². The predicted octanol–water partition coefficient (Wildman–Crippen LogP) is 8.72. The van der Waals surface area contributed by atoms with Gasteiger partial charge in [-0.15, -0.1) is 0 Å². The van der Waals surface area contributed by atoms with Crippen molar-refractivity contribution >= 4 is 53.8 Å². The summed E-state index contributed by atoms with van der Waals surface area (Å²) in [5.41, 5.74) is 2.18. The van der Waals surface area contributed by atoms with Crippen molar-refractivity contribution in [2.45, 2.75) is 100 Å². The summed E-state index contributed by atoms with van der Waals surface area (Å²) < 4.78 is 11.2. The van der Waals surface area contributed by atoms with Gasteiger partial charge in [0.15, 0.2) is 0 Å². The van der Waals surface area contributed by atoms with E-state index in [0.29, 0.717) is 0 Å². The van der Waals surface area contributed by atoms with Crippen LogP contribution in [0.4, 0.5) is 9.59 Å². The van der Waals surface area contributed by atoms with Gasteiger partial charge in [-0.1, -0.05) is 25.0 Å². The first-order valence-electron chi connectivity index (χ1n) is 10.7. The molecule has 2 aliphatic carbocycles. The van der Waals surface area contributed by atoms with Crippen molar-refractivity contribution in [3.8, 4) is 0 Å². The number of aryl methyl sites for hydroxylation is 2. The fourth-order valence-electron chi connectivity index (χ4n) is 3.80. The van der Waals surface area contributed by atoms with E-state index in [0.717, 1.165) is 93.9 Å². The lowest BCUT2D eigenvalue weighted by Gasteiger charge is -2.22. The SMILES string of the molecule is Cc1ccc(C)c(SSC(=O)OC2CCCCC2)c1SSC(=O)OC1CCCCC1. The van der Waals surface area contributed by atoms with Crippen LogP contribution in [0.1, 0.15) is 75.3 Å². The normalized spacial score (nSPS) is 18.2. The number of carbonyl (C=O) groups is 2. The Morgan fingerprint density at radius 2 is 1.07 bits per heavy atom. The Labute approximate surface area is 195 Å². The highest BCUT2D eigenvalue weighted by molar-refractivity contribution is 8.83. The molecule has 0 atom stereocenters.